The first-order chi connectivity index (χ1) is 11.0. The molecule has 1 aromatic carbocycles. The van der Waals surface area contributed by atoms with Crippen molar-refractivity contribution in [2.75, 3.05) is 45.2 Å². The minimum Gasteiger partial charge on any atom is -0.496 e. The van der Waals surface area contributed by atoms with Gasteiger partial charge in [0.2, 0.25) is 5.91 Å². The number of benzene rings is 1. The summed E-state index contributed by atoms with van der Waals surface area (Å²) in [6.45, 7) is 7.59. The quantitative estimate of drug-likeness (QED) is 0.912. The van der Waals surface area contributed by atoms with Gasteiger partial charge in [0.05, 0.1) is 23.4 Å². The number of rotatable bonds is 4. The second-order valence-electron chi connectivity index (χ2n) is 5.44. The Labute approximate surface area is 141 Å². The number of ether oxygens (including phenoxy) is 1. The van der Waals surface area contributed by atoms with E-state index in [-0.39, 0.29) is 11.8 Å². The van der Waals surface area contributed by atoms with Crippen molar-refractivity contribution >= 4 is 29.1 Å². The predicted octanol–water partition coefficient (Wildman–Crippen LogP) is 2.08. The van der Waals surface area contributed by atoms with Crippen LogP contribution in [0.3, 0.4) is 0 Å². The van der Waals surface area contributed by atoms with Crippen LogP contribution in [0.1, 0.15) is 24.2 Å². The van der Waals surface area contributed by atoms with Crippen molar-refractivity contribution in [1.29, 1.82) is 0 Å². The zero-order valence-corrected chi connectivity index (χ0v) is 14.4. The van der Waals surface area contributed by atoms with Crippen LogP contribution in [0.2, 0.25) is 5.02 Å². The Bertz CT molecular complexity index is 598. The molecule has 0 aromatic heterocycles. The number of hydrogen-bond donors (Lipinski definition) is 1. The molecule has 1 aromatic rings. The van der Waals surface area contributed by atoms with Crippen LogP contribution in [0.5, 0.6) is 5.75 Å². The number of methoxy groups -OCH3 is 1. The normalized spacial score (nSPS) is 15.4. The second kappa shape index (κ2) is 7.66. The molecular formula is C16H22ClN3O3. The van der Waals surface area contributed by atoms with E-state index in [9.17, 15) is 9.59 Å². The fraction of sp³-hybridized carbons (Fsp3) is 0.500. The van der Waals surface area contributed by atoms with E-state index in [1.165, 1.54) is 14.0 Å². The van der Waals surface area contributed by atoms with Gasteiger partial charge in [-0.05, 0) is 12.6 Å². The highest BCUT2D eigenvalue weighted by Gasteiger charge is 2.25. The van der Waals surface area contributed by atoms with Gasteiger partial charge in [0.15, 0.2) is 0 Å². The van der Waals surface area contributed by atoms with Crippen LogP contribution in [-0.2, 0) is 4.79 Å². The molecule has 0 radical (unpaired) electrons. The van der Waals surface area contributed by atoms with Crippen molar-refractivity contribution in [2.45, 2.75) is 13.8 Å². The van der Waals surface area contributed by atoms with Crippen molar-refractivity contribution in [3.63, 3.8) is 0 Å². The Morgan fingerprint density at radius 1 is 1.26 bits per heavy atom. The van der Waals surface area contributed by atoms with Crippen LogP contribution in [0.15, 0.2) is 12.1 Å². The number of amides is 2. The van der Waals surface area contributed by atoms with Gasteiger partial charge in [-0.1, -0.05) is 18.5 Å². The molecule has 0 aliphatic carbocycles. The molecule has 1 N–H and O–H groups in total. The molecule has 1 heterocycles. The van der Waals surface area contributed by atoms with E-state index in [4.69, 9.17) is 16.3 Å². The summed E-state index contributed by atoms with van der Waals surface area (Å²) in [5.41, 5.74) is 0.847. The summed E-state index contributed by atoms with van der Waals surface area (Å²) in [5.74, 6) is 0.0682. The van der Waals surface area contributed by atoms with E-state index >= 15 is 0 Å². The van der Waals surface area contributed by atoms with Crippen LogP contribution in [-0.4, -0.2) is 61.4 Å². The Kier molecular flexibility index (Phi) is 5.85. The third-order valence-corrected chi connectivity index (χ3v) is 4.25. The molecule has 23 heavy (non-hydrogen) atoms. The van der Waals surface area contributed by atoms with Crippen LogP contribution < -0.4 is 10.1 Å². The molecule has 6 nitrogen and oxygen atoms in total. The second-order valence-corrected chi connectivity index (χ2v) is 5.85. The summed E-state index contributed by atoms with van der Waals surface area (Å²) in [4.78, 5) is 28.0. The molecule has 2 amide bonds. The highest BCUT2D eigenvalue weighted by molar-refractivity contribution is 6.34. The third-order valence-electron chi connectivity index (χ3n) is 3.94. The predicted molar refractivity (Wildman–Crippen MR) is 90.3 cm³/mol. The molecule has 1 saturated heterocycles. The number of nitrogens with one attached hydrogen (secondary N) is 1. The molecule has 1 fully saturated rings. The Balaban J connectivity index is 2.23. The van der Waals surface area contributed by atoms with Crippen molar-refractivity contribution in [2.24, 2.45) is 0 Å². The van der Waals surface area contributed by atoms with E-state index in [0.717, 1.165) is 19.6 Å². The number of carbonyl (C=O) groups excluding carboxylic acids is 2. The third kappa shape index (κ3) is 4.14. The van der Waals surface area contributed by atoms with Crippen molar-refractivity contribution < 1.29 is 14.3 Å². The lowest BCUT2D eigenvalue weighted by Crippen LogP contribution is -2.48. The molecule has 1 aliphatic rings. The molecule has 0 unspecified atom stereocenters. The molecular weight excluding hydrogens is 318 g/mol. The van der Waals surface area contributed by atoms with Gasteiger partial charge in [-0.3, -0.25) is 9.59 Å². The summed E-state index contributed by atoms with van der Waals surface area (Å²) < 4.78 is 5.31. The molecule has 1 aliphatic heterocycles. The summed E-state index contributed by atoms with van der Waals surface area (Å²) in [6, 6.07) is 3.14. The van der Waals surface area contributed by atoms with Crippen LogP contribution >= 0.6 is 11.6 Å². The standard InChI is InChI=1S/C16H22ClN3O3/c1-4-19-5-7-20(8-6-19)16(22)12-9-13(17)14(18-11(2)21)10-15(12)23-3/h9-10H,4-8H2,1-3H3,(H,18,21). The zero-order chi connectivity index (χ0) is 17.0. The zero-order valence-electron chi connectivity index (χ0n) is 13.7. The Morgan fingerprint density at radius 3 is 2.43 bits per heavy atom. The van der Waals surface area contributed by atoms with E-state index in [1.807, 2.05) is 0 Å². The number of carbonyl (C=O) groups is 2. The first-order valence-corrected chi connectivity index (χ1v) is 8.00. The summed E-state index contributed by atoms with van der Waals surface area (Å²) in [6.07, 6.45) is 0. The number of halogens is 1. The highest BCUT2D eigenvalue weighted by Crippen LogP contribution is 2.32. The lowest BCUT2D eigenvalue weighted by Gasteiger charge is -2.34. The molecule has 0 spiro atoms. The Morgan fingerprint density at radius 2 is 1.91 bits per heavy atom. The van der Waals surface area contributed by atoms with Gasteiger partial charge in [-0.2, -0.15) is 0 Å². The van der Waals surface area contributed by atoms with Gasteiger partial charge < -0.3 is 19.9 Å². The van der Waals surface area contributed by atoms with Gasteiger partial charge in [0, 0.05) is 39.2 Å². The number of hydrogen-bond acceptors (Lipinski definition) is 4. The maximum absolute atomic E-state index is 12.7. The van der Waals surface area contributed by atoms with Crippen LogP contribution in [0.4, 0.5) is 5.69 Å². The average Bonchev–Trinajstić information content (AvgIpc) is 2.55. The first-order valence-electron chi connectivity index (χ1n) is 7.63. The minimum absolute atomic E-state index is 0.103. The topological polar surface area (TPSA) is 61.9 Å². The molecule has 0 saturated carbocycles. The van der Waals surface area contributed by atoms with E-state index in [1.54, 1.807) is 17.0 Å². The van der Waals surface area contributed by atoms with Crippen LogP contribution in [0.25, 0.3) is 0 Å². The summed E-state index contributed by atoms with van der Waals surface area (Å²) in [7, 11) is 1.49. The van der Waals surface area contributed by atoms with Crippen LogP contribution in [0, 0.1) is 0 Å². The molecule has 2 rings (SSSR count). The number of likely N-dealkylation sites (N-methyl/N-ethyl adjacent to an activating group) is 1. The van der Waals surface area contributed by atoms with Crippen molar-refractivity contribution in [3.05, 3.63) is 22.7 Å². The molecule has 126 valence electrons. The monoisotopic (exact) mass is 339 g/mol. The SMILES string of the molecule is CCN1CCN(C(=O)c2cc(Cl)c(NC(C)=O)cc2OC)CC1. The maximum atomic E-state index is 12.7. The van der Waals surface area contributed by atoms with Gasteiger partial charge in [-0.15, -0.1) is 0 Å². The Hall–Kier alpha value is -1.79. The smallest absolute Gasteiger partial charge is 0.257 e. The van der Waals surface area contributed by atoms with Gasteiger partial charge >= 0.3 is 0 Å². The highest BCUT2D eigenvalue weighted by atomic mass is 35.5. The molecule has 0 bridgehead atoms. The average molecular weight is 340 g/mol. The van der Waals surface area contributed by atoms with E-state index < -0.39 is 0 Å². The lowest BCUT2D eigenvalue weighted by molar-refractivity contribution is -0.114. The van der Waals surface area contributed by atoms with Gasteiger partial charge in [0.25, 0.3) is 5.91 Å². The first kappa shape index (κ1) is 17.6. The van der Waals surface area contributed by atoms with Gasteiger partial charge in [-0.25, -0.2) is 0 Å². The summed E-state index contributed by atoms with van der Waals surface area (Å²) >= 11 is 6.18. The summed E-state index contributed by atoms with van der Waals surface area (Å²) in [5, 5.41) is 2.94. The number of piperazine rings is 1. The lowest BCUT2D eigenvalue weighted by atomic mass is 10.1. The van der Waals surface area contributed by atoms with E-state index in [0.29, 0.717) is 35.1 Å². The fourth-order valence-electron chi connectivity index (χ4n) is 2.61. The maximum Gasteiger partial charge on any atom is 0.257 e. The minimum atomic E-state index is -0.233. The van der Waals surface area contributed by atoms with E-state index in [2.05, 4.69) is 17.1 Å². The fourth-order valence-corrected chi connectivity index (χ4v) is 2.82. The number of nitrogens with zero attached hydrogens (tertiary/aromatic N) is 2. The van der Waals surface area contributed by atoms with Gasteiger partial charge in [0.1, 0.15) is 5.75 Å². The molecule has 0 atom stereocenters. The van der Waals surface area contributed by atoms with Crippen molar-refractivity contribution in [1.82, 2.24) is 9.80 Å². The number of anilines is 1. The largest absolute Gasteiger partial charge is 0.496 e. The van der Waals surface area contributed by atoms with Crippen molar-refractivity contribution in [3.8, 4) is 5.75 Å². The molecule has 7 heteroatoms.